The van der Waals surface area contributed by atoms with E-state index in [4.69, 9.17) is 55.9 Å². The summed E-state index contributed by atoms with van der Waals surface area (Å²) in [6.45, 7) is 2.33. The zero-order valence-electron chi connectivity index (χ0n) is 12.5. The van der Waals surface area contributed by atoms with Gasteiger partial charge in [0.2, 0.25) is 0 Å². The molecule has 0 aromatic heterocycles. The first-order valence-electron chi connectivity index (χ1n) is 7.06. The SMILES string of the molecule is CCCOC(=O)CCCCC(=O)Oc1c(Cl)c(Cl)cc(Cl)c1Cl. The highest BCUT2D eigenvalue weighted by atomic mass is 35.5. The Morgan fingerprint density at radius 1 is 0.957 bits per heavy atom. The minimum absolute atomic E-state index is 0.0255. The van der Waals surface area contributed by atoms with E-state index >= 15 is 0 Å². The molecule has 0 N–H and O–H groups in total. The Bertz CT molecular complexity index is 549. The molecule has 0 amide bonds. The van der Waals surface area contributed by atoms with Crippen molar-refractivity contribution in [2.45, 2.75) is 39.0 Å². The average molecular weight is 402 g/mol. The van der Waals surface area contributed by atoms with Crippen LogP contribution >= 0.6 is 46.4 Å². The lowest BCUT2D eigenvalue weighted by molar-refractivity contribution is -0.144. The van der Waals surface area contributed by atoms with Crippen LogP contribution in [0.5, 0.6) is 5.75 Å². The molecule has 23 heavy (non-hydrogen) atoms. The van der Waals surface area contributed by atoms with E-state index in [9.17, 15) is 9.59 Å². The highest BCUT2D eigenvalue weighted by molar-refractivity contribution is 6.48. The van der Waals surface area contributed by atoms with Crippen LogP contribution < -0.4 is 4.74 Å². The molecule has 0 bridgehead atoms. The van der Waals surface area contributed by atoms with E-state index in [1.165, 1.54) is 6.07 Å². The van der Waals surface area contributed by atoms with Gasteiger partial charge in [-0.1, -0.05) is 53.3 Å². The first-order chi connectivity index (χ1) is 10.9. The van der Waals surface area contributed by atoms with Crippen LogP contribution in [0.25, 0.3) is 0 Å². The van der Waals surface area contributed by atoms with E-state index in [1.54, 1.807) is 0 Å². The van der Waals surface area contributed by atoms with Crippen LogP contribution in [0.1, 0.15) is 39.0 Å². The van der Waals surface area contributed by atoms with Crippen molar-refractivity contribution in [3.63, 3.8) is 0 Å². The number of benzene rings is 1. The number of hydrogen-bond donors (Lipinski definition) is 0. The van der Waals surface area contributed by atoms with Crippen molar-refractivity contribution in [1.29, 1.82) is 0 Å². The zero-order chi connectivity index (χ0) is 17.4. The van der Waals surface area contributed by atoms with Gasteiger partial charge in [-0.2, -0.15) is 0 Å². The Morgan fingerprint density at radius 3 is 2.00 bits per heavy atom. The second-order valence-corrected chi connectivity index (χ2v) is 6.27. The minimum Gasteiger partial charge on any atom is -0.466 e. The summed E-state index contributed by atoms with van der Waals surface area (Å²) in [7, 11) is 0. The van der Waals surface area contributed by atoms with E-state index in [-0.39, 0.29) is 44.7 Å². The molecule has 0 aliphatic rings. The molecular formula is C15H16Cl4O4. The fourth-order valence-corrected chi connectivity index (χ4v) is 2.50. The number of esters is 2. The van der Waals surface area contributed by atoms with Crippen molar-refractivity contribution < 1.29 is 19.1 Å². The summed E-state index contributed by atoms with van der Waals surface area (Å²) < 4.78 is 10.1. The van der Waals surface area contributed by atoms with Crippen molar-refractivity contribution >= 4 is 58.3 Å². The van der Waals surface area contributed by atoms with Gasteiger partial charge in [-0.15, -0.1) is 0 Å². The molecule has 1 aromatic carbocycles. The van der Waals surface area contributed by atoms with Crippen LogP contribution in [0.2, 0.25) is 20.1 Å². The molecule has 0 heterocycles. The topological polar surface area (TPSA) is 52.6 Å². The molecule has 0 aliphatic heterocycles. The molecule has 0 fully saturated rings. The van der Waals surface area contributed by atoms with Crippen molar-refractivity contribution in [3.8, 4) is 5.75 Å². The third-order valence-electron chi connectivity index (χ3n) is 2.77. The fraction of sp³-hybridized carbons (Fsp3) is 0.467. The number of carbonyl (C=O) groups excluding carboxylic acids is 2. The molecule has 0 unspecified atom stereocenters. The highest BCUT2D eigenvalue weighted by Gasteiger charge is 2.18. The number of halogens is 4. The normalized spacial score (nSPS) is 10.5. The molecular weight excluding hydrogens is 386 g/mol. The molecule has 0 aliphatic carbocycles. The number of ether oxygens (including phenoxy) is 2. The van der Waals surface area contributed by atoms with E-state index < -0.39 is 5.97 Å². The summed E-state index contributed by atoms with van der Waals surface area (Å²) >= 11 is 23.6. The largest absolute Gasteiger partial charge is 0.466 e. The fourth-order valence-electron chi connectivity index (χ4n) is 1.63. The van der Waals surface area contributed by atoms with Crippen molar-refractivity contribution in [2.75, 3.05) is 6.61 Å². The van der Waals surface area contributed by atoms with Crippen molar-refractivity contribution in [3.05, 3.63) is 26.2 Å². The van der Waals surface area contributed by atoms with E-state index in [0.29, 0.717) is 19.4 Å². The second kappa shape index (κ2) is 10.2. The second-order valence-electron chi connectivity index (χ2n) is 4.70. The Balaban J connectivity index is 2.45. The quantitative estimate of drug-likeness (QED) is 0.242. The van der Waals surface area contributed by atoms with Gasteiger partial charge in [0.15, 0.2) is 5.75 Å². The lowest BCUT2D eigenvalue weighted by Gasteiger charge is -2.10. The van der Waals surface area contributed by atoms with Crippen molar-refractivity contribution in [1.82, 2.24) is 0 Å². The average Bonchev–Trinajstić information content (AvgIpc) is 2.51. The third-order valence-corrected chi connectivity index (χ3v) is 4.31. The van der Waals surface area contributed by atoms with Gasteiger partial charge < -0.3 is 9.47 Å². The highest BCUT2D eigenvalue weighted by Crippen LogP contribution is 2.42. The molecule has 0 radical (unpaired) electrons. The molecule has 0 spiro atoms. The van der Waals surface area contributed by atoms with Crippen LogP contribution in [0, 0.1) is 0 Å². The lowest BCUT2D eigenvalue weighted by Crippen LogP contribution is -2.09. The van der Waals surface area contributed by atoms with E-state index in [1.807, 2.05) is 6.92 Å². The Kier molecular flexibility index (Phi) is 9.07. The summed E-state index contributed by atoms with van der Waals surface area (Å²) in [5, 5.41) is 0.334. The zero-order valence-corrected chi connectivity index (χ0v) is 15.5. The summed E-state index contributed by atoms with van der Waals surface area (Å²) in [6, 6.07) is 1.37. The Hall–Kier alpha value is -0.680. The van der Waals surface area contributed by atoms with Crippen LogP contribution in [0.3, 0.4) is 0 Å². The van der Waals surface area contributed by atoms with Gasteiger partial charge in [-0.25, -0.2) is 0 Å². The predicted octanol–water partition coefficient (Wildman–Crippen LogP) is 5.72. The van der Waals surface area contributed by atoms with Crippen LogP contribution in [-0.2, 0) is 14.3 Å². The molecule has 128 valence electrons. The van der Waals surface area contributed by atoms with Gasteiger partial charge in [0.1, 0.15) is 10.0 Å². The maximum absolute atomic E-state index is 11.8. The molecule has 0 saturated heterocycles. The first kappa shape index (κ1) is 20.4. The van der Waals surface area contributed by atoms with Crippen LogP contribution in [0.4, 0.5) is 0 Å². The predicted molar refractivity (Wildman–Crippen MR) is 91.8 cm³/mol. The summed E-state index contributed by atoms with van der Waals surface area (Å²) in [6.07, 6.45) is 2.15. The van der Waals surface area contributed by atoms with Gasteiger partial charge in [-0.3, -0.25) is 9.59 Å². The minimum atomic E-state index is -0.533. The number of hydrogen-bond acceptors (Lipinski definition) is 4. The first-order valence-corrected chi connectivity index (χ1v) is 8.57. The molecule has 4 nitrogen and oxygen atoms in total. The number of unbranched alkanes of at least 4 members (excludes halogenated alkanes) is 1. The molecule has 1 aromatic rings. The van der Waals surface area contributed by atoms with Gasteiger partial charge in [0, 0.05) is 12.8 Å². The van der Waals surface area contributed by atoms with E-state index in [0.717, 1.165) is 6.42 Å². The monoisotopic (exact) mass is 400 g/mol. The van der Waals surface area contributed by atoms with Gasteiger partial charge in [0.05, 0.1) is 16.7 Å². The summed E-state index contributed by atoms with van der Waals surface area (Å²) in [5.74, 6) is -0.861. The molecule has 1 rings (SSSR count). The van der Waals surface area contributed by atoms with Gasteiger partial charge >= 0.3 is 11.9 Å². The smallest absolute Gasteiger partial charge is 0.311 e. The third kappa shape index (κ3) is 6.76. The van der Waals surface area contributed by atoms with Crippen LogP contribution in [-0.4, -0.2) is 18.5 Å². The maximum atomic E-state index is 11.8. The van der Waals surface area contributed by atoms with Gasteiger partial charge in [0.25, 0.3) is 0 Å². The number of rotatable bonds is 8. The standard InChI is InChI=1S/C15H16Cl4O4/c1-2-7-22-11(20)5-3-4-6-12(21)23-15-13(18)9(16)8-10(17)14(15)19/h8H,2-7H2,1H3. The molecule has 0 atom stereocenters. The lowest BCUT2D eigenvalue weighted by atomic mass is 10.2. The summed E-state index contributed by atoms with van der Waals surface area (Å²) in [5.41, 5.74) is 0. The maximum Gasteiger partial charge on any atom is 0.311 e. The summed E-state index contributed by atoms with van der Waals surface area (Å²) in [4.78, 5) is 23.1. The molecule has 8 heteroatoms. The Labute approximate surface area is 154 Å². The van der Waals surface area contributed by atoms with Crippen molar-refractivity contribution in [2.24, 2.45) is 0 Å². The van der Waals surface area contributed by atoms with Crippen LogP contribution in [0.15, 0.2) is 6.07 Å². The van der Waals surface area contributed by atoms with E-state index in [2.05, 4.69) is 0 Å². The Morgan fingerprint density at radius 2 is 1.48 bits per heavy atom. The van der Waals surface area contributed by atoms with Gasteiger partial charge in [-0.05, 0) is 25.3 Å². The number of carbonyl (C=O) groups is 2. The molecule has 0 saturated carbocycles.